The molecule has 0 radical (unpaired) electrons. The van der Waals surface area contributed by atoms with Gasteiger partial charge in [-0.3, -0.25) is 18.6 Å². The molecule has 1 amide bonds. The topological polar surface area (TPSA) is 131 Å². The molecule has 0 aliphatic carbocycles. The van der Waals surface area contributed by atoms with E-state index in [9.17, 15) is 24.2 Å². The van der Waals surface area contributed by atoms with E-state index in [2.05, 4.69) is 67.8 Å². The van der Waals surface area contributed by atoms with Crippen molar-refractivity contribution in [3.63, 3.8) is 0 Å². The molecule has 2 atom stereocenters. The van der Waals surface area contributed by atoms with Gasteiger partial charge in [-0.15, -0.1) is 0 Å². The number of allylic oxidation sites excluding steroid dienone is 8. The van der Waals surface area contributed by atoms with E-state index >= 15 is 0 Å². The SMILES string of the molecule is CCCCC/C=C\C/C=C\CCCCCCCCCCCCCC(=O)NCCOP(=O)(O)OCC(O)COC(=O)CCCCCCCCCCCCC/C=C\C/C=C\CCCCC. The largest absolute Gasteiger partial charge is 0.472 e. The molecular weight excluding hydrogens is 810 g/mol. The van der Waals surface area contributed by atoms with Crippen LogP contribution in [-0.2, 0) is 27.9 Å². The Balaban J connectivity index is 3.55. The molecule has 0 aliphatic rings. The van der Waals surface area contributed by atoms with Crippen LogP contribution in [0.15, 0.2) is 48.6 Å². The lowest BCUT2D eigenvalue weighted by molar-refractivity contribution is -0.147. The minimum atomic E-state index is -4.42. The maximum atomic E-state index is 12.2. The van der Waals surface area contributed by atoms with Crippen LogP contribution in [0.1, 0.15) is 245 Å². The van der Waals surface area contributed by atoms with Gasteiger partial charge in [0.1, 0.15) is 12.7 Å². The van der Waals surface area contributed by atoms with Crippen LogP contribution in [0, 0.1) is 0 Å². The lowest BCUT2D eigenvalue weighted by Crippen LogP contribution is -2.27. The number of ether oxygens (including phenoxy) is 1. The number of amides is 1. The Bertz CT molecular complexity index is 1170. The van der Waals surface area contributed by atoms with E-state index in [1.165, 1.54) is 167 Å². The van der Waals surface area contributed by atoms with Crippen LogP contribution < -0.4 is 5.32 Å². The summed E-state index contributed by atoms with van der Waals surface area (Å²) in [5.74, 6) is -0.515. The highest BCUT2D eigenvalue weighted by atomic mass is 31.2. The molecule has 0 spiro atoms. The number of nitrogens with one attached hydrogen (secondary N) is 1. The van der Waals surface area contributed by atoms with Crippen molar-refractivity contribution >= 4 is 19.7 Å². The van der Waals surface area contributed by atoms with Gasteiger partial charge in [-0.25, -0.2) is 4.57 Å². The van der Waals surface area contributed by atoms with E-state index in [0.29, 0.717) is 6.42 Å². The second-order valence-electron chi connectivity index (χ2n) is 17.5. The molecule has 0 saturated heterocycles. The fourth-order valence-electron chi connectivity index (χ4n) is 7.27. The predicted molar refractivity (Wildman–Crippen MR) is 266 cm³/mol. The summed E-state index contributed by atoms with van der Waals surface area (Å²) >= 11 is 0. The zero-order chi connectivity index (χ0) is 46.0. The van der Waals surface area contributed by atoms with Gasteiger partial charge < -0.3 is 20.1 Å². The Labute approximate surface area is 387 Å². The normalized spacial score (nSPS) is 13.5. The molecule has 3 N–H and O–H groups in total. The number of hydrogen-bond donors (Lipinski definition) is 3. The third-order valence-corrected chi connectivity index (χ3v) is 12.2. The van der Waals surface area contributed by atoms with Gasteiger partial charge in [0.25, 0.3) is 0 Å². The molecule has 0 aromatic heterocycles. The molecule has 10 heteroatoms. The quantitative estimate of drug-likeness (QED) is 0.0238. The van der Waals surface area contributed by atoms with Crippen molar-refractivity contribution in [3.05, 3.63) is 48.6 Å². The third kappa shape index (κ3) is 50.8. The number of aliphatic hydroxyl groups is 1. The highest BCUT2D eigenvalue weighted by Gasteiger charge is 2.23. The molecule has 9 nitrogen and oxygen atoms in total. The maximum Gasteiger partial charge on any atom is 0.472 e. The van der Waals surface area contributed by atoms with Gasteiger partial charge in [-0.05, 0) is 77.0 Å². The van der Waals surface area contributed by atoms with Crippen molar-refractivity contribution in [2.45, 2.75) is 251 Å². The Kier molecular flexibility index (Phi) is 47.8. The highest BCUT2D eigenvalue weighted by molar-refractivity contribution is 7.47. The van der Waals surface area contributed by atoms with Crippen LogP contribution in [0.3, 0.4) is 0 Å². The van der Waals surface area contributed by atoms with Crippen LogP contribution in [0.4, 0.5) is 0 Å². The molecule has 368 valence electrons. The first-order valence-electron chi connectivity index (χ1n) is 26.1. The third-order valence-electron chi connectivity index (χ3n) is 11.2. The van der Waals surface area contributed by atoms with E-state index in [-0.39, 0.29) is 32.1 Å². The summed E-state index contributed by atoms with van der Waals surface area (Å²) in [7, 11) is -4.42. The molecule has 0 saturated carbocycles. The second kappa shape index (κ2) is 49.4. The van der Waals surface area contributed by atoms with Crippen LogP contribution in [0.25, 0.3) is 0 Å². The molecule has 0 aromatic carbocycles. The van der Waals surface area contributed by atoms with Crippen LogP contribution >= 0.6 is 7.82 Å². The number of rotatable bonds is 49. The first-order chi connectivity index (χ1) is 30.8. The van der Waals surface area contributed by atoms with E-state index in [1.807, 2.05) is 0 Å². The monoisotopic (exact) mass is 908 g/mol. The minimum absolute atomic E-state index is 0.0803. The summed E-state index contributed by atoms with van der Waals surface area (Å²) in [5.41, 5.74) is 0. The number of carbonyl (C=O) groups excluding carboxylic acids is 2. The standard InChI is InChI=1S/C53H98NO8P/c1-3-5-7-9-11-13-15-17-19-21-23-25-27-29-31-33-35-37-39-41-43-45-52(56)54-47-48-61-63(58,59)62-50-51(55)49-60-53(57)46-44-42-40-38-36-34-32-30-28-26-24-22-20-18-16-14-12-10-8-6-4-2/h11-14,17-20,51,55H,3-10,15-16,21-50H2,1-2H3,(H,54,56)(H,58,59)/b13-11-,14-12-,19-17-,20-18-. The molecule has 2 unspecified atom stereocenters. The molecular formula is C53H98NO8P. The van der Waals surface area contributed by atoms with E-state index in [0.717, 1.165) is 51.4 Å². The number of unbranched alkanes of at least 4 members (excludes halogenated alkanes) is 28. The molecule has 0 fully saturated rings. The molecule has 0 heterocycles. The van der Waals surface area contributed by atoms with Crippen LogP contribution in [-0.4, -0.2) is 54.3 Å². The summed E-state index contributed by atoms with van der Waals surface area (Å²) in [6.45, 7) is 3.53. The summed E-state index contributed by atoms with van der Waals surface area (Å²) in [6.07, 6.45) is 59.0. The second-order valence-corrected chi connectivity index (χ2v) is 18.9. The van der Waals surface area contributed by atoms with E-state index in [1.54, 1.807) is 0 Å². The van der Waals surface area contributed by atoms with Crippen LogP contribution in [0.5, 0.6) is 0 Å². The fourth-order valence-corrected chi connectivity index (χ4v) is 8.02. The van der Waals surface area contributed by atoms with Gasteiger partial charge in [0, 0.05) is 19.4 Å². The van der Waals surface area contributed by atoms with E-state index < -0.39 is 26.5 Å². The lowest BCUT2D eigenvalue weighted by Gasteiger charge is -2.15. The van der Waals surface area contributed by atoms with Gasteiger partial charge in [0.05, 0.1) is 13.2 Å². The summed E-state index contributed by atoms with van der Waals surface area (Å²) in [5, 5.41) is 12.8. The molecule has 0 aromatic rings. The van der Waals surface area contributed by atoms with Gasteiger partial charge in [-0.2, -0.15) is 0 Å². The number of carbonyl (C=O) groups is 2. The predicted octanol–water partition coefficient (Wildman–Crippen LogP) is 15.4. The van der Waals surface area contributed by atoms with Crippen molar-refractivity contribution in [1.82, 2.24) is 5.32 Å². The van der Waals surface area contributed by atoms with Crippen molar-refractivity contribution < 1.29 is 37.9 Å². The minimum Gasteiger partial charge on any atom is -0.463 e. The van der Waals surface area contributed by atoms with Gasteiger partial charge in [0.15, 0.2) is 0 Å². The Morgan fingerprint density at radius 1 is 0.492 bits per heavy atom. The van der Waals surface area contributed by atoms with Crippen molar-refractivity contribution in [3.8, 4) is 0 Å². The Hall–Kier alpha value is -2.03. The molecule has 63 heavy (non-hydrogen) atoms. The average molecular weight is 908 g/mol. The Morgan fingerprint density at radius 2 is 0.857 bits per heavy atom. The number of phosphoric ester groups is 1. The van der Waals surface area contributed by atoms with Gasteiger partial charge >= 0.3 is 13.8 Å². The number of hydrogen-bond acceptors (Lipinski definition) is 7. The highest BCUT2D eigenvalue weighted by Crippen LogP contribution is 2.42. The first-order valence-corrected chi connectivity index (χ1v) is 27.6. The molecule has 0 bridgehead atoms. The zero-order valence-electron chi connectivity index (χ0n) is 40.8. The van der Waals surface area contributed by atoms with Crippen molar-refractivity contribution in [2.75, 3.05) is 26.4 Å². The Morgan fingerprint density at radius 3 is 1.27 bits per heavy atom. The lowest BCUT2D eigenvalue weighted by atomic mass is 10.0. The maximum absolute atomic E-state index is 12.2. The summed E-state index contributed by atoms with van der Waals surface area (Å²) in [4.78, 5) is 34.1. The van der Waals surface area contributed by atoms with Crippen molar-refractivity contribution in [1.29, 1.82) is 0 Å². The van der Waals surface area contributed by atoms with Gasteiger partial charge in [0.2, 0.25) is 5.91 Å². The smallest absolute Gasteiger partial charge is 0.463 e. The zero-order valence-corrected chi connectivity index (χ0v) is 41.7. The number of esters is 1. The number of phosphoric acid groups is 1. The number of aliphatic hydroxyl groups excluding tert-OH is 1. The summed E-state index contributed by atoms with van der Waals surface area (Å²) < 4.78 is 27.0. The van der Waals surface area contributed by atoms with Gasteiger partial charge in [-0.1, -0.05) is 204 Å². The van der Waals surface area contributed by atoms with Crippen LogP contribution in [0.2, 0.25) is 0 Å². The first kappa shape index (κ1) is 61.0. The van der Waals surface area contributed by atoms with E-state index in [4.69, 9.17) is 13.8 Å². The summed E-state index contributed by atoms with van der Waals surface area (Å²) in [6, 6.07) is 0. The fraction of sp³-hybridized carbons (Fsp3) is 0.811. The van der Waals surface area contributed by atoms with Crippen molar-refractivity contribution in [2.24, 2.45) is 0 Å². The molecule has 0 aliphatic heterocycles. The molecule has 0 rings (SSSR count). The average Bonchev–Trinajstić information content (AvgIpc) is 3.27.